The van der Waals surface area contributed by atoms with Gasteiger partial charge in [0.25, 0.3) is 0 Å². The van der Waals surface area contributed by atoms with Crippen LogP contribution in [-0.2, 0) is 0 Å². The fraction of sp³-hybridized carbons (Fsp3) is 1.00. The van der Waals surface area contributed by atoms with Crippen LogP contribution in [0.5, 0.6) is 0 Å². The molecule has 7 N–H and O–H groups in total. The van der Waals surface area contributed by atoms with Gasteiger partial charge in [-0.1, -0.05) is 0 Å². The summed E-state index contributed by atoms with van der Waals surface area (Å²) in [5.41, 5.74) is 10.9. The SMILES string of the molecule is CNC(N)(CN)CC(C)(NC)NC. The molecule has 0 aromatic carbocycles. The van der Waals surface area contributed by atoms with Crippen molar-refractivity contribution in [3.8, 4) is 0 Å². The minimum Gasteiger partial charge on any atom is -0.328 e. The summed E-state index contributed by atoms with van der Waals surface area (Å²) in [5.74, 6) is 0. The molecular formula is C8H23N5. The molecule has 0 aliphatic rings. The van der Waals surface area contributed by atoms with Crippen molar-refractivity contribution in [1.29, 1.82) is 0 Å². The predicted molar refractivity (Wildman–Crippen MR) is 56.2 cm³/mol. The zero-order valence-electron chi connectivity index (χ0n) is 9.07. The van der Waals surface area contributed by atoms with E-state index in [0.29, 0.717) is 13.0 Å². The van der Waals surface area contributed by atoms with Crippen LogP contribution >= 0.6 is 0 Å². The van der Waals surface area contributed by atoms with Crippen molar-refractivity contribution in [2.24, 2.45) is 11.5 Å². The van der Waals surface area contributed by atoms with Gasteiger partial charge in [-0.05, 0) is 28.1 Å². The summed E-state index contributed by atoms with van der Waals surface area (Å²) in [6.45, 7) is 2.45. The maximum atomic E-state index is 6.02. The maximum absolute atomic E-state index is 6.02. The van der Waals surface area contributed by atoms with Gasteiger partial charge in [0.2, 0.25) is 0 Å². The van der Waals surface area contributed by atoms with Gasteiger partial charge in [-0.3, -0.25) is 0 Å². The average molecular weight is 189 g/mol. The third-order valence-electron chi connectivity index (χ3n) is 2.63. The van der Waals surface area contributed by atoms with Gasteiger partial charge in [0, 0.05) is 13.0 Å². The standard InChI is InChI=1S/C8H23N5/c1-7(11-2,12-3)5-8(10,6-9)13-4/h11-13H,5-6,9-10H2,1-4H3. The first-order valence-electron chi connectivity index (χ1n) is 4.51. The number of nitrogens with one attached hydrogen (secondary N) is 3. The lowest BCUT2D eigenvalue weighted by molar-refractivity contribution is 0.206. The molecule has 5 nitrogen and oxygen atoms in total. The van der Waals surface area contributed by atoms with E-state index in [1.807, 2.05) is 28.1 Å². The molecule has 13 heavy (non-hydrogen) atoms. The number of hydrogen-bond donors (Lipinski definition) is 5. The summed E-state index contributed by atoms with van der Waals surface area (Å²) in [4.78, 5) is 0. The van der Waals surface area contributed by atoms with Gasteiger partial charge in [0.05, 0.1) is 11.3 Å². The molecule has 0 aromatic heterocycles. The Hall–Kier alpha value is -0.200. The van der Waals surface area contributed by atoms with Crippen LogP contribution in [0.4, 0.5) is 0 Å². The van der Waals surface area contributed by atoms with Crippen LogP contribution in [0.15, 0.2) is 0 Å². The molecule has 0 heterocycles. The first-order chi connectivity index (χ1) is 5.95. The minimum absolute atomic E-state index is 0.197. The van der Waals surface area contributed by atoms with Gasteiger partial charge in [-0.15, -0.1) is 0 Å². The van der Waals surface area contributed by atoms with Gasteiger partial charge in [-0.25, -0.2) is 0 Å². The molecule has 5 heteroatoms. The van der Waals surface area contributed by atoms with Crippen molar-refractivity contribution in [2.45, 2.75) is 24.7 Å². The molecule has 0 radical (unpaired) electrons. The lowest BCUT2D eigenvalue weighted by atomic mass is 9.97. The highest BCUT2D eigenvalue weighted by Crippen LogP contribution is 2.12. The summed E-state index contributed by atoms with van der Waals surface area (Å²) >= 11 is 0. The van der Waals surface area contributed by atoms with Crippen LogP contribution in [0.2, 0.25) is 0 Å². The second-order valence-corrected chi connectivity index (χ2v) is 3.62. The van der Waals surface area contributed by atoms with Gasteiger partial charge in [0.1, 0.15) is 0 Å². The highest BCUT2D eigenvalue weighted by Gasteiger charge is 2.31. The summed E-state index contributed by atoms with van der Waals surface area (Å²) in [6.07, 6.45) is 0.708. The van der Waals surface area contributed by atoms with E-state index in [1.54, 1.807) is 0 Å². The van der Waals surface area contributed by atoms with Crippen LogP contribution in [0, 0.1) is 0 Å². The van der Waals surface area contributed by atoms with E-state index in [9.17, 15) is 0 Å². The van der Waals surface area contributed by atoms with Crippen LogP contribution in [-0.4, -0.2) is 39.0 Å². The number of likely N-dealkylation sites (N-methyl/N-ethyl adjacent to an activating group) is 1. The molecule has 0 bridgehead atoms. The lowest BCUT2D eigenvalue weighted by Crippen LogP contribution is -2.65. The normalized spacial score (nSPS) is 17.1. The first kappa shape index (κ1) is 12.8. The quantitative estimate of drug-likeness (QED) is 0.324. The zero-order chi connectivity index (χ0) is 10.5. The average Bonchev–Trinajstić information content (AvgIpc) is 2.17. The molecule has 1 atom stereocenters. The third kappa shape index (κ3) is 3.58. The van der Waals surface area contributed by atoms with Crippen molar-refractivity contribution in [3.63, 3.8) is 0 Å². The van der Waals surface area contributed by atoms with Crippen molar-refractivity contribution in [2.75, 3.05) is 27.7 Å². The van der Waals surface area contributed by atoms with Crippen molar-refractivity contribution in [1.82, 2.24) is 16.0 Å². The molecule has 0 fully saturated rings. The molecule has 0 spiro atoms. The highest BCUT2D eigenvalue weighted by molar-refractivity contribution is 4.91. The van der Waals surface area contributed by atoms with Crippen LogP contribution in [0.3, 0.4) is 0 Å². The summed E-state index contributed by atoms with van der Waals surface area (Å²) in [5, 5.41) is 9.36. The van der Waals surface area contributed by atoms with Crippen LogP contribution < -0.4 is 27.4 Å². The molecule has 1 unspecified atom stereocenters. The summed E-state index contributed by atoms with van der Waals surface area (Å²) in [7, 11) is 5.60. The molecule has 0 aromatic rings. The number of nitrogens with two attached hydrogens (primary N) is 2. The monoisotopic (exact) mass is 189 g/mol. The molecule has 0 amide bonds. The van der Waals surface area contributed by atoms with E-state index >= 15 is 0 Å². The Labute approximate surface area is 80.6 Å². The second kappa shape index (κ2) is 4.88. The lowest BCUT2D eigenvalue weighted by Gasteiger charge is -2.38. The van der Waals surface area contributed by atoms with E-state index in [4.69, 9.17) is 11.5 Å². The van der Waals surface area contributed by atoms with Crippen molar-refractivity contribution < 1.29 is 0 Å². The van der Waals surface area contributed by atoms with Gasteiger partial charge < -0.3 is 27.4 Å². The topological polar surface area (TPSA) is 88.1 Å². The third-order valence-corrected chi connectivity index (χ3v) is 2.63. The minimum atomic E-state index is -0.527. The van der Waals surface area contributed by atoms with E-state index in [-0.39, 0.29) is 5.66 Å². The number of rotatable bonds is 6. The van der Waals surface area contributed by atoms with Crippen LogP contribution in [0.25, 0.3) is 0 Å². The Bertz CT molecular complexity index is 123. The molecule has 0 saturated carbocycles. The Morgan fingerprint density at radius 3 is 1.77 bits per heavy atom. The fourth-order valence-corrected chi connectivity index (χ4v) is 1.20. The van der Waals surface area contributed by atoms with Crippen molar-refractivity contribution >= 4 is 0 Å². The first-order valence-corrected chi connectivity index (χ1v) is 4.51. The molecular weight excluding hydrogens is 166 g/mol. The molecule has 80 valence electrons. The van der Waals surface area contributed by atoms with Gasteiger partial charge in [0.15, 0.2) is 0 Å². The smallest absolute Gasteiger partial charge is 0.0816 e. The number of hydrogen-bond acceptors (Lipinski definition) is 5. The zero-order valence-corrected chi connectivity index (χ0v) is 9.07. The Balaban J connectivity index is 4.36. The van der Waals surface area contributed by atoms with E-state index in [1.165, 1.54) is 0 Å². The fourth-order valence-electron chi connectivity index (χ4n) is 1.20. The Morgan fingerprint density at radius 1 is 1.08 bits per heavy atom. The molecule has 0 saturated heterocycles. The highest BCUT2D eigenvalue weighted by atomic mass is 15.2. The van der Waals surface area contributed by atoms with E-state index in [0.717, 1.165) is 0 Å². The van der Waals surface area contributed by atoms with Gasteiger partial charge in [-0.2, -0.15) is 0 Å². The van der Waals surface area contributed by atoms with Gasteiger partial charge >= 0.3 is 0 Å². The summed E-state index contributed by atoms with van der Waals surface area (Å²) < 4.78 is 0. The van der Waals surface area contributed by atoms with Crippen LogP contribution in [0.1, 0.15) is 13.3 Å². The Kier molecular flexibility index (Phi) is 4.80. The van der Waals surface area contributed by atoms with Crippen molar-refractivity contribution in [3.05, 3.63) is 0 Å². The molecule has 0 rings (SSSR count). The maximum Gasteiger partial charge on any atom is 0.0816 e. The molecule has 0 aliphatic carbocycles. The predicted octanol–water partition coefficient (Wildman–Crippen LogP) is -1.64. The van der Waals surface area contributed by atoms with E-state index < -0.39 is 5.66 Å². The summed E-state index contributed by atoms with van der Waals surface area (Å²) in [6, 6.07) is 0. The molecule has 0 aliphatic heterocycles. The largest absolute Gasteiger partial charge is 0.328 e. The Morgan fingerprint density at radius 2 is 1.54 bits per heavy atom. The van der Waals surface area contributed by atoms with E-state index in [2.05, 4.69) is 16.0 Å². The second-order valence-electron chi connectivity index (χ2n) is 3.62.